The van der Waals surface area contributed by atoms with Crippen molar-refractivity contribution in [3.63, 3.8) is 0 Å². The summed E-state index contributed by atoms with van der Waals surface area (Å²) in [6.45, 7) is 0. The molecule has 0 N–H and O–H groups in total. The van der Waals surface area contributed by atoms with Gasteiger partial charge >= 0.3 is 0 Å². The van der Waals surface area contributed by atoms with E-state index >= 15 is 0 Å². The van der Waals surface area contributed by atoms with Crippen molar-refractivity contribution in [1.29, 1.82) is 0 Å². The van der Waals surface area contributed by atoms with Gasteiger partial charge in [0.2, 0.25) is 5.82 Å². The molecule has 0 saturated carbocycles. The Morgan fingerprint density at radius 2 is 1.05 bits per heavy atom. The van der Waals surface area contributed by atoms with Crippen molar-refractivity contribution in [3.8, 4) is 39.7 Å². The van der Waals surface area contributed by atoms with Crippen molar-refractivity contribution >= 4 is 32.6 Å². The molecule has 0 spiro atoms. The Morgan fingerprint density at radius 1 is 0.475 bits per heavy atom. The minimum absolute atomic E-state index is 0.502. The lowest BCUT2D eigenvalue weighted by molar-refractivity contribution is 0.432. The van der Waals surface area contributed by atoms with E-state index in [-0.39, 0.29) is 0 Å². The van der Waals surface area contributed by atoms with Crippen LogP contribution < -0.4 is 0 Å². The average molecular weight is 514 g/mol. The SMILES string of the molecule is c1ccc2c(-c3ccc(-c4noc(-c5ccc(-n6c7ccccc7c7ccccc76)cc5)n4)cc3)cccc2c1. The summed E-state index contributed by atoms with van der Waals surface area (Å²) in [6, 6.07) is 48.5. The van der Waals surface area contributed by atoms with Gasteiger partial charge in [0.15, 0.2) is 0 Å². The molecule has 4 heteroatoms. The van der Waals surface area contributed by atoms with Crippen molar-refractivity contribution in [2.75, 3.05) is 0 Å². The van der Waals surface area contributed by atoms with Crippen molar-refractivity contribution in [3.05, 3.63) is 140 Å². The molecular weight excluding hydrogens is 490 g/mol. The fraction of sp³-hybridized carbons (Fsp3) is 0. The Morgan fingerprint density at radius 3 is 1.77 bits per heavy atom. The van der Waals surface area contributed by atoms with E-state index in [2.05, 4.69) is 137 Å². The summed E-state index contributed by atoms with van der Waals surface area (Å²) >= 11 is 0. The molecule has 0 amide bonds. The van der Waals surface area contributed by atoms with E-state index in [0.717, 1.165) is 22.4 Å². The highest BCUT2D eigenvalue weighted by Crippen LogP contribution is 2.33. The predicted octanol–water partition coefficient (Wildman–Crippen LogP) is 9.32. The molecule has 0 aliphatic heterocycles. The lowest BCUT2D eigenvalue weighted by atomic mass is 9.97. The molecule has 0 radical (unpaired) electrons. The number of aromatic nitrogens is 3. The third-order valence-corrected chi connectivity index (χ3v) is 7.62. The number of fused-ring (bicyclic) bond motifs is 4. The van der Waals surface area contributed by atoms with E-state index in [1.54, 1.807) is 0 Å². The molecule has 188 valence electrons. The van der Waals surface area contributed by atoms with Crippen LogP contribution in [0.25, 0.3) is 72.2 Å². The van der Waals surface area contributed by atoms with Crippen LogP contribution in [0.5, 0.6) is 0 Å². The van der Waals surface area contributed by atoms with Gasteiger partial charge in [-0.2, -0.15) is 4.98 Å². The Bertz CT molecular complexity index is 2090. The van der Waals surface area contributed by atoms with Gasteiger partial charge in [-0.05, 0) is 58.3 Å². The summed E-state index contributed by atoms with van der Waals surface area (Å²) in [5, 5.41) is 9.24. The second-order valence-corrected chi connectivity index (χ2v) is 9.94. The fourth-order valence-electron chi connectivity index (χ4n) is 5.69. The minimum Gasteiger partial charge on any atom is -0.334 e. The maximum atomic E-state index is 5.68. The zero-order chi connectivity index (χ0) is 26.5. The Labute approximate surface area is 230 Å². The molecule has 8 aromatic rings. The highest BCUT2D eigenvalue weighted by atomic mass is 16.5. The number of rotatable bonds is 4. The van der Waals surface area contributed by atoms with E-state index < -0.39 is 0 Å². The van der Waals surface area contributed by atoms with Gasteiger partial charge in [-0.1, -0.05) is 108 Å². The third kappa shape index (κ3) is 3.62. The van der Waals surface area contributed by atoms with Gasteiger partial charge in [-0.25, -0.2) is 0 Å². The summed E-state index contributed by atoms with van der Waals surface area (Å²) in [5.74, 6) is 1.08. The van der Waals surface area contributed by atoms with Gasteiger partial charge in [0.1, 0.15) is 0 Å². The first-order chi connectivity index (χ1) is 19.8. The van der Waals surface area contributed by atoms with Crippen LogP contribution in [0.2, 0.25) is 0 Å². The molecule has 6 aromatic carbocycles. The normalized spacial score (nSPS) is 11.5. The average Bonchev–Trinajstić information content (AvgIpc) is 3.65. The lowest BCUT2D eigenvalue weighted by Gasteiger charge is -2.08. The zero-order valence-electron chi connectivity index (χ0n) is 21.5. The number of hydrogen-bond donors (Lipinski definition) is 0. The molecule has 2 heterocycles. The summed E-state index contributed by atoms with van der Waals surface area (Å²) in [5.41, 5.74) is 7.63. The van der Waals surface area contributed by atoms with Crippen LogP contribution in [0, 0.1) is 0 Å². The second kappa shape index (κ2) is 9.07. The van der Waals surface area contributed by atoms with E-state index in [1.807, 2.05) is 12.1 Å². The third-order valence-electron chi connectivity index (χ3n) is 7.62. The molecule has 0 bridgehead atoms. The largest absolute Gasteiger partial charge is 0.334 e. The zero-order valence-corrected chi connectivity index (χ0v) is 21.5. The molecule has 0 aliphatic carbocycles. The van der Waals surface area contributed by atoms with Crippen LogP contribution in [0.1, 0.15) is 0 Å². The van der Waals surface area contributed by atoms with E-state index in [0.29, 0.717) is 11.7 Å². The van der Waals surface area contributed by atoms with Gasteiger partial charge in [0.05, 0.1) is 11.0 Å². The number of hydrogen-bond acceptors (Lipinski definition) is 3. The van der Waals surface area contributed by atoms with Crippen LogP contribution in [0.3, 0.4) is 0 Å². The predicted molar refractivity (Wildman–Crippen MR) is 162 cm³/mol. The van der Waals surface area contributed by atoms with Gasteiger partial charge in [-0.3, -0.25) is 0 Å². The van der Waals surface area contributed by atoms with E-state index in [1.165, 1.54) is 38.1 Å². The van der Waals surface area contributed by atoms with Crippen LogP contribution in [-0.2, 0) is 0 Å². The first-order valence-electron chi connectivity index (χ1n) is 13.3. The number of nitrogens with zero attached hydrogens (tertiary/aromatic N) is 3. The minimum atomic E-state index is 0.502. The molecule has 8 rings (SSSR count). The topological polar surface area (TPSA) is 43.9 Å². The molecule has 0 saturated heterocycles. The molecule has 0 unspecified atom stereocenters. The highest BCUT2D eigenvalue weighted by molar-refractivity contribution is 6.09. The Balaban J connectivity index is 1.10. The maximum absolute atomic E-state index is 5.68. The fourth-order valence-corrected chi connectivity index (χ4v) is 5.69. The summed E-state index contributed by atoms with van der Waals surface area (Å²) in [6.07, 6.45) is 0. The van der Waals surface area contributed by atoms with Crippen LogP contribution in [0.15, 0.2) is 144 Å². The second-order valence-electron chi connectivity index (χ2n) is 9.94. The monoisotopic (exact) mass is 513 g/mol. The number of benzene rings is 6. The molecular formula is C36H23N3O. The quantitative estimate of drug-likeness (QED) is 0.235. The van der Waals surface area contributed by atoms with E-state index in [4.69, 9.17) is 9.51 Å². The van der Waals surface area contributed by atoms with Crippen molar-refractivity contribution < 1.29 is 4.52 Å². The standard InChI is InChI=1S/C36H23N3O/c1-2-10-29-24(8-1)9-7-13-30(29)25-16-18-26(19-17-25)35-37-36(40-38-35)27-20-22-28(23-21-27)39-33-14-5-3-11-31(33)32-12-4-6-15-34(32)39/h1-23H. The van der Waals surface area contributed by atoms with Crippen LogP contribution in [-0.4, -0.2) is 14.7 Å². The van der Waals surface area contributed by atoms with Gasteiger partial charge < -0.3 is 9.09 Å². The Kier molecular flexibility index (Phi) is 5.10. The molecule has 40 heavy (non-hydrogen) atoms. The first kappa shape index (κ1) is 22.5. The molecule has 0 atom stereocenters. The van der Waals surface area contributed by atoms with Gasteiger partial charge in [0.25, 0.3) is 5.89 Å². The smallest absolute Gasteiger partial charge is 0.258 e. The van der Waals surface area contributed by atoms with Crippen molar-refractivity contribution in [2.24, 2.45) is 0 Å². The van der Waals surface area contributed by atoms with E-state index in [9.17, 15) is 0 Å². The number of para-hydroxylation sites is 2. The van der Waals surface area contributed by atoms with Crippen molar-refractivity contribution in [2.45, 2.75) is 0 Å². The Hall–Kier alpha value is -5.48. The van der Waals surface area contributed by atoms with Gasteiger partial charge in [0, 0.05) is 27.6 Å². The highest BCUT2D eigenvalue weighted by Gasteiger charge is 2.14. The van der Waals surface area contributed by atoms with Gasteiger partial charge in [-0.15, -0.1) is 0 Å². The summed E-state index contributed by atoms with van der Waals surface area (Å²) in [7, 11) is 0. The molecule has 4 nitrogen and oxygen atoms in total. The van der Waals surface area contributed by atoms with Crippen LogP contribution in [0.4, 0.5) is 0 Å². The molecule has 0 fully saturated rings. The first-order valence-corrected chi connectivity index (χ1v) is 13.3. The lowest BCUT2D eigenvalue weighted by Crippen LogP contribution is -1.93. The molecule has 2 aromatic heterocycles. The molecule has 0 aliphatic rings. The van der Waals surface area contributed by atoms with Crippen molar-refractivity contribution in [1.82, 2.24) is 14.7 Å². The maximum Gasteiger partial charge on any atom is 0.258 e. The summed E-state index contributed by atoms with van der Waals surface area (Å²) in [4.78, 5) is 4.71. The van der Waals surface area contributed by atoms with Crippen LogP contribution >= 0.6 is 0 Å². The summed E-state index contributed by atoms with van der Waals surface area (Å²) < 4.78 is 7.98.